The van der Waals surface area contributed by atoms with Gasteiger partial charge in [0.1, 0.15) is 0 Å². The minimum atomic E-state index is -0.241. The Morgan fingerprint density at radius 1 is 1.18 bits per heavy atom. The van der Waals surface area contributed by atoms with Crippen LogP contribution in [0.4, 0.5) is 0 Å². The Morgan fingerprint density at radius 2 is 1.71 bits per heavy atom. The van der Waals surface area contributed by atoms with Gasteiger partial charge in [-0.25, -0.2) is 0 Å². The van der Waals surface area contributed by atoms with Crippen molar-refractivity contribution in [3.05, 3.63) is 34.9 Å². The van der Waals surface area contributed by atoms with Gasteiger partial charge in [0.15, 0.2) is 5.78 Å². The van der Waals surface area contributed by atoms with Gasteiger partial charge in [-0.1, -0.05) is 30.0 Å². The number of nitrogens with two attached hydrogens (primary N) is 1. The highest BCUT2D eigenvalue weighted by Gasteiger charge is 2.31. The molecule has 0 bridgehead atoms. The molecule has 0 saturated heterocycles. The van der Waals surface area contributed by atoms with Crippen LogP contribution in [0.2, 0.25) is 0 Å². The van der Waals surface area contributed by atoms with Crippen molar-refractivity contribution in [2.24, 2.45) is 5.73 Å². The maximum Gasteiger partial charge on any atom is 0.164 e. The van der Waals surface area contributed by atoms with Crippen LogP contribution in [0.1, 0.15) is 53.6 Å². The molecule has 2 N–H and O–H groups in total. The van der Waals surface area contributed by atoms with Gasteiger partial charge in [-0.15, -0.1) is 0 Å². The maximum atomic E-state index is 12.2. The van der Waals surface area contributed by atoms with Crippen molar-refractivity contribution in [1.82, 2.24) is 0 Å². The van der Waals surface area contributed by atoms with Gasteiger partial charge in [0.25, 0.3) is 0 Å². The second-order valence-electron chi connectivity index (χ2n) is 5.55. The first-order chi connectivity index (χ1) is 7.98. The molecular weight excluding hydrogens is 210 g/mol. The third-order valence-electron chi connectivity index (χ3n) is 3.66. The first-order valence-corrected chi connectivity index (χ1v) is 6.39. The van der Waals surface area contributed by atoms with Gasteiger partial charge >= 0.3 is 0 Å². The summed E-state index contributed by atoms with van der Waals surface area (Å²) in [6.07, 6.45) is 4.80. The fourth-order valence-corrected chi connectivity index (χ4v) is 2.81. The quantitative estimate of drug-likeness (QED) is 0.812. The molecule has 0 amide bonds. The third-order valence-corrected chi connectivity index (χ3v) is 3.66. The lowest BCUT2D eigenvalue weighted by molar-refractivity contribution is 0.0952. The highest BCUT2D eigenvalue weighted by Crippen LogP contribution is 2.31. The minimum Gasteiger partial charge on any atom is -0.325 e. The SMILES string of the molecule is Cc1cc(C)cc(C(=O)CC2(N)CCCC2)c1. The summed E-state index contributed by atoms with van der Waals surface area (Å²) in [4.78, 5) is 12.2. The van der Waals surface area contributed by atoms with Crippen LogP contribution in [-0.4, -0.2) is 11.3 Å². The average Bonchev–Trinajstić information content (AvgIpc) is 2.63. The van der Waals surface area contributed by atoms with E-state index in [4.69, 9.17) is 5.73 Å². The predicted molar refractivity (Wildman–Crippen MR) is 70.2 cm³/mol. The standard InChI is InChI=1S/C15H21NO/c1-11-7-12(2)9-13(8-11)14(17)10-15(16)5-3-4-6-15/h7-9H,3-6,10,16H2,1-2H3. The average molecular weight is 231 g/mol. The van der Waals surface area contributed by atoms with Gasteiger partial charge in [-0.3, -0.25) is 4.79 Å². The van der Waals surface area contributed by atoms with E-state index in [1.165, 1.54) is 0 Å². The normalized spacial score (nSPS) is 18.3. The molecule has 17 heavy (non-hydrogen) atoms. The zero-order valence-corrected chi connectivity index (χ0v) is 10.8. The van der Waals surface area contributed by atoms with E-state index >= 15 is 0 Å². The number of benzene rings is 1. The molecule has 1 aromatic carbocycles. The molecule has 0 aromatic heterocycles. The van der Waals surface area contributed by atoms with E-state index in [9.17, 15) is 4.79 Å². The lowest BCUT2D eigenvalue weighted by Crippen LogP contribution is -2.38. The molecule has 0 aliphatic heterocycles. The van der Waals surface area contributed by atoms with E-state index in [2.05, 4.69) is 6.07 Å². The van der Waals surface area contributed by atoms with Crippen LogP contribution in [0.3, 0.4) is 0 Å². The molecular formula is C15H21NO. The number of ketones is 1. The zero-order chi connectivity index (χ0) is 12.5. The first-order valence-electron chi connectivity index (χ1n) is 6.39. The second kappa shape index (κ2) is 4.61. The van der Waals surface area contributed by atoms with E-state index < -0.39 is 0 Å². The fraction of sp³-hybridized carbons (Fsp3) is 0.533. The summed E-state index contributed by atoms with van der Waals surface area (Å²) < 4.78 is 0. The Hall–Kier alpha value is -1.15. The first kappa shape index (κ1) is 12.3. The van der Waals surface area contributed by atoms with Crippen molar-refractivity contribution in [2.75, 3.05) is 0 Å². The summed E-state index contributed by atoms with van der Waals surface area (Å²) in [6, 6.07) is 6.02. The lowest BCUT2D eigenvalue weighted by atomic mass is 9.89. The molecule has 92 valence electrons. The van der Waals surface area contributed by atoms with Crippen LogP contribution in [0.25, 0.3) is 0 Å². The fourth-order valence-electron chi connectivity index (χ4n) is 2.81. The monoisotopic (exact) mass is 231 g/mol. The van der Waals surface area contributed by atoms with Crippen LogP contribution in [0.15, 0.2) is 18.2 Å². The van der Waals surface area contributed by atoms with Gasteiger partial charge in [-0.05, 0) is 38.8 Å². The highest BCUT2D eigenvalue weighted by atomic mass is 16.1. The Balaban J connectivity index is 2.14. The lowest BCUT2D eigenvalue weighted by Gasteiger charge is -2.22. The van der Waals surface area contributed by atoms with Crippen LogP contribution >= 0.6 is 0 Å². The summed E-state index contributed by atoms with van der Waals surface area (Å²) in [6.45, 7) is 4.05. The zero-order valence-electron chi connectivity index (χ0n) is 10.8. The van der Waals surface area contributed by atoms with Gasteiger partial charge in [0.05, 0.1) is 0 Å². The largest absolute Gasteiger partial charge is 0.325 e. The molecule has 0 atom stereocenters. The van der Waals surface area contributed by atoms with Crippen molar-refractivity contribution in [3.8, 4) is 0 Å². The summed E-state index contributed by atoms with van der Waals surface area (Å²) in [5.74, 6) is 0.196. The van der Waals surface area contributed by atoms with Crippen molar-refractivity contribution < 1.29 is 4.79 Å². The number of carbonyl (C=O) groups excluding carboxylic acids is 1. The Morgan fingerprint density at radius 3 is 2.24 bits per heavy atom. The topological polar surface area (TPSA) is 43.1 Å². The Kier molecular flexibility index (Phi) is 3.34. The van der Waals surface area contributed by atoms with Crippen LogP contribution < -0.4 is 5.73 Å². The molecule has 0 spiro atoms. The molecule has 0 radical (unpaired) electrons. The van der Waals surface area contributed by atoms with E-state index in [0.717, 1.165) is 42.4 Å². The molecule has 1 saturated carbocycles. The molecule has 2 heteroatoms. The van der Waals surface area contributed by atoms with Crippen LogP contribution in [-0.2, 0) is 0 Å². The summed E-state index contributed by atoms with van der Waals surface area (Å²) in [5.41, 5.74) is 9.12. The van der Waals surface area contributed by atoms with E-state index in [1.54, 1.807) is 0 Å². The number of hydrogen-bond donors (Lipinski definition) is 1. The van der Waals surface area contributed by atoms with Gasteiger partial charge in [-0.2, -0.15) is 0 Å². The molecule has 1 fully saturated rings. The van der Waals surface area contributed by atoms with Crippen molar-refractivity contribution in [2.45, 2.75) is 51.5 Å². The third kappa shape index (κ3) is 2.95. The maximum absolute atomic E-state index is 12.2. The predicted octanol–water partition coefficient (Wildman–Crippen LogP) is 3.15. The van der Waals surface area contributed by atoms with Crippen molar-refractivity contribution in [3.63, 3.8) is 0 Å². The number of rotatable bonds is 3. The Bertz CT molecular complexity index is 410. The number of aryl methyl sites for hydroxylation is 2. The molecule has 0 unspecified atom stereocenters. The van der Waals surface area contributed by atoms with Gasteiger partial charge < -0.3 is 5.73 Å². The van der Waals surface area contributed by atoms with Gasteiger partial charge in [0.2, 0.25) is 0 Å². The molecule has 0 heterocycles. The highest BCUT2D eigenvalue weighted by molar-refractivity contribution is 5.97. The number of hydrogen-bond acceptors (Lipinski definition) is 2. The minimum absolute atomic E-state index is 0.196. The number of Topliss-reactive ketones (excluding diaryl/α,β-unsaturated/α-hetero) is 1. The van der Waals surface area contributed by atoms with E-state index in [0.29, 0.717) is 6.42 Å². The van der Waals surface area contributed by atoms with Crippen molar-refractivity contribution in [1.29, 1.82) is 0 Å². The number of carbonyl (C=O) groups is 1. The molecule has 2 rings (SSSR count). The van der Waals surface area contributed by atoms with E-state index in [1.807, 2.05) is 26.0 Å². The summed E-state index contributed by atoms with van der Waals surface area (Å²) in [7, 11) is 0. The summed E-state index contributed by atoms with van der Waals surface area (Å²) in [5, 5.41) is 0. The van der Waals surface area contributed by atoms with E-state index in [-0.39, 0.29) is 11.3 Å². The summed E-state index contributed by atoms with van der Waals surface area (Å²) >= 11 is 0. The Labute approximate surface area is 103 Å². The second-order valence-corrected chi connectivity index (χ2v) is 5.55. The van der Waals surface area contributed by atoms with Crippen LogP contribution in [0.5, 0.6) is 0 Å². The smallest absolute Gasteiger partial charge is 0.164 e. The molecule has 1 aromatic rings. The van der Waals surface area contributed by atoms with Gasteiger partial charge in [0, 0.05) is 17.5 Å². The van der Waals surface area contributed by atoms with Crippen LogP contribution in [0, 0.1) is 13.8 Å². The molecule has 2 nitrogen and oxygen atoms in total. The molecule has 1 aliphatic rings. The van der Waals surface area contributed by atoms with Crippen molar-refractivity contribution >= 4 is 5.78 Å². The molecule has 1 aliphatic carbocycles.